The molecule has 3 unspecified atom stereocenters. The van der Waals surface area contributed by atoms with Crippen molar-refractivity contribution < 1.29 is 0 Å². The first kappa shape index (κ1) is 13.3. The lowest BCUT2D eigenvalue weighted by Gasteiger charge is -2.40. The van der Waals surface area contributed by atoms with Gasteiger partial charge in [-0.3, -0.25) is 15.7 Å². The molecule has 100 valence electrons. The lowest BCUT2D eigenvalue weighted by molar-refractivity contribution is 0.0718. The fourth-order valence-electron chi connectivity index (χ4n) is 2.90. The van der Waals surface area contributed by atoms with Crippen LogP contribution in [0.1, 0.15) is 32.9 Å². The van der Waals surface area contributed by atoms with Crippen LogP contribution in [0.25, 0.3) is 0 Å². The third kappa shape index (κ3) is 3.00. The summed E-state index contributed by atoms with van der Waals surface area (Å²) >= 11 is 0. The molecule has 0 aliphatic carbocycles. The number of likely N-dealkylation sites (tertiary alicyclic amines) is 1. The quantitative estimate of drug-likeness (QED) is 0.636. The van der Waals surface area contributed by atoms with E-state index in [9.17, 15) is 0 Å². The highest BCUT2D eigenvalue weighted by atomic mass is 15.2. The summed E-state index contributed by atoms with van der Waals surface area (Å²) in [5.41, 5.74) is 4.68. The Bertz CT molecular complexity index is 393. The first-order valence-electron chi connectivity index (χ1n) is 6.75. The van der Waals surface area contributed by atoms with Gasteiger partial charge in [0.05, 0.1) is 11.4 Å². The van der Waals surface area contributed by atoms with Crippen LogP contribution in [0.15, 0.2) is 18.3 Å². The zero-order chi connectivity index (χ0) is 13.1. The molecular weight excluding hydrogens is 224 g/mol. The van der Waals surface area contributed by atoms with Crippen molar-refractivity contribution in [2.45, 2.75) is 39.8 Å². The van der Waals surface area contributed by atoms with E-state index in [1.54, 1.807) is 0 Å². The summed E-state index contributed by atoms with van der Waals surface area (Å²) in [5, 5.41) is 0. The molecule has 1 aliphatic rings. The van der Waals surface area contributed by atoms with E-state index in [1.807, 2.05) is 18.3 Å². The summed E-state index contributed by atoms with van der Waals surface area (Å²) in [6, 6.07) is 4.53. The zero-order valence-electron chi connectivity index (χ0n) is 11.6. The van der Waals surface area contributed by atoms with Crippen molar-refractivity contribution in [3.05, 3.63) is 24.0 Å². The number of nitrogens with one attached hydrogen (secondary N) is 1. The van der Waals surface area contributed by atoms with E-state index in [-0.39, 0.29) is 0 Å². The number of hydrogen-bond donors (Lipinski definition) is 2. The molecule has 0 spiro atoms. The van der Waals surface area contributed by atoms with Gasteiger partial charge in [-0.05, 0) is 37.3 Å². The maximum Gasteiger partial charge on any atom is 0.0565 e. The number of nitrogens with zero attached hydrogens (tertiary/aromatic N) is 2. The number of rotatable bonds is 3. The van der Waals surface area contributed by atoms with Gasteiger partial charge in [0.15, 0.2) is 0 Å². The van der Waals surface area contributed by atoms with Crippen LogP contribution in [0.4, 0.5) is 5.69 Å². The van der Waals surface area contributed by atoms with E-state index in [0.717, 1.165) is 36.3 Å². The molecule has 0 aromatic carbocycles. The number of hydrazine groups is 1. The molecule has 4 nitrogen and oxygen atoms in total. The molecule has 3 atom stereocenters. The minimum atomic E-state index is 0.623. The summed E-state index contributed by atoms with van der Waals surface area (Å²) in [7, 11) is 0. The third-order valence-electron chi connectivity index (χ3n) is 4.07. The smallest absolute Gasteiger partial charge is 0.0565 e. The van der Waals surface area contributed by atoms with Crippen molar-refractivity contribution >= 4 is 5.69 Å². The normalized spacial score (nSPS) is 29.2. The van der Waals surface area contributed by atoms with Crippen LogP contribution in [0.5, 0.6) is 0 Å². The molecule has 0 radical (unpaired) electrons. The van der Waals surface area contributed by atoms with Crippen molar-refractivity contribution in [1.29, 1.82) is 0 Å². The third-order valence-corrected chi connectivity index (χ3v) is 4.07. The second-order valence-corrected chi connectivity index (χ2v) is 5.67. The van der Waals surface area contributed by atoms with Crippen LogP contribution in [0.2, 0.25) is 0 Å². The summed E-state index contributed by atoms with van der Waals surface area (Å²) in [6.07, 6.45) is 3.14. The molecule has 1 aromatic heterocycles. The first-order chi connectivity index (χ1) is 8.60. The van der Waals surface area contributed by atoms with Crippen molar-refractivity contribution in [1.82, 2.24) is 9.88 Å². The van der Waals surface area contributed by atoms with Gasteiger partial charge in [0.25, 0.3) is 0 Å². The molecule has 0 amide bonds. The average Bonchev–Trinajstić information content (AvgIpc) is 2.35. The molecule has 2 rings (SSSR count). The standard InChI is InChI=1S/C14H24N4/c1-10-6-11(2)12(3)18(8-10)9-14-7-13(17-15)4-5-16-14/h4-5,7,10-12H,6,8-9,15H2,1-3H3,(H,16,17). The molecule has 1 fully saturated rings. The van der Waals surface area contributed by atoms with E-state index >= 15 is 0 Å². The van der Waals surface area contributed by atoms with Crippen LogP contribution in [-0.4, -0.2) is 22.5 Å². The minimum absolute atomic E-state index is 0.623. The average molecular weight is 248 g/mol. The van der Waals surface area contributed by atoms with Crippen LogP contribution < -0.4 is 11.3 Å². The molecule has 0 bridgehead atoms. The Morgan fingerprint density at radius 3 is 2.94 bits per heavy atom. The number of anilines is 1. The molecule has 0 saturated carbocycles. The molecule has 2 heterocycles. The molecule has 1 saturated heterocycles. The second kappa shape index (κ2) is 5.67. The number of pyridine rings is 1. The maximum atomic E-state index is 5.43. The number of hydrogen-bond acceptors (Lipinski definition) is 4. The van der Waals surface area contributed by atoms with Gasteiger partial charge in [0, 0.05) is 25.3 Å². The highest BCUT2D eigenvalue weighted by Crippen LogP contribution is 2.28. The first-order valence-corrected chi connectivity index (χ1v) is 6.75. The van der Waals surface area contributed by atoms with Crippen molar-refractivity contribution in [3.63, 3.8) is 0 Å². The Morgan fingerprint density at radius 1 is 1.44 bits per heavy atom. The Kier molecular flexibility index (Phi) is 4.19. The van der Waals surface area contributed by atoms with Crippen LogP contribution in [0.3, 0.4) is 0 Å². The van der Waals surface area contributed by atoms with Crippen molar-refractivity contribution in [3.8, 4) is 0 Å². The van der Waals surface area contributed by atoms with Gasteiger partial charge >= 0.3 is 0 Å². The number of piperidine rings is 1. The van der Waals surface area contributed by atoms with Crippen LogP contribution >= 0.6 is 0 Å². The maximum absolute atomic E-state index is 5.43. The number of nitrogens with two attached hydrogens (primary N) is 1. The summed E-state index contributed by atoms with van der Waals surface area (Å²) in [5.74, 6) is 6.96. The Hall–Kier alpha value is -1.13. The van der Waals surface area contributed by atoms with Gasteiger partial charge < -0.3 is 5.43 Å². The Morgan fingerprint density at radius 2 is 2.22 bits per heavy atom. The lowest BCUT2D eigenvalue weighted by atomic mass is 9.86. The van der Waals surface area contributed by atoms with E-state index in [1.165, 1.54) is 6.42 Å². The largest absolute Gasteiger partial charge is 0.324 e. The summed E-state index contributed by atoms with van der Waals surface area (Å²) < 4.78 is 0. The van der Waals surface area contributed by atoms with E-state index < -0.39 is 0 Å². The highest BCUT2D eigenvalue weighted by Gasteiger charge is 2.28. The monoisotopic (exact) mass is 248 g/mol. The molecule has 3 N–H and O–H groups in total. The Labute approximate surface area is 110 Å². The second-order valence-electron chi connectivity index (χ2n) is 5.67. The van der Waals surface area contributed by atoms with Gasteiger partial charge in [-0.1, -0.05) is 13.8 Å². The van der Waals surface area contributed by atoms with Gasteiger partial charge in [-0.15, -0.1) is 0 Å². The number of aromatic nitrogens is 1. The minimum Gasteiger partial charge on any atom is -0.324 e. The fraction of sp³-hybridized carbons (Fsp3) is 0.643. The predicted octanol–water partition coefficient (Wildman–Crippen LogP) is 2.23. The summed E-state index contributed by atoms with van der Waals surface area (Å²) in [4.78, 5) is 6.96. The van der Waals surface area contributed by atoms with Gasteiger partial charge in [-0.2, -0.15) is 0 Å². The molecule has 1 aliphatic heterocycles. The van der Waals surface area contributed by atoms with Gasteiger partial charge in [0.2, 0.25) is 0 Å². The van der Waals surface area contributed by atoms with Crippen LogP contribution in [0, 0.1) is 11.8 Å². The Balaban J connectivity index is 2.07. The zero-order valence-corrected chi connectivity index (χ0v) is 11.6. The molecule has 1 aromatic rings. The predicted molar refractivity (Wildman–Crippen MR) is 74.9 cm³/mol. The van der Waals surface area contributed by atoms with Gasteiger partial charge in [0.1, 0.15) is 0 Å². The SMILES string of the molecule is CC1CC(C)C(C)N(Cc2cc(NN)ccn2)C1. The molecule has 18 heavy (non-hydrogen) atoms. The van der Waals surface area contributed by atoms with Crippen molar-refractivity contribution in [2.24, 2.45) is 17.7 Å². The topological polar surface area (TPSA) is 54.2 Å². The van der Waals surface area contributed by atoms with Crippen molar-refractivity contribution in [2.75, 3.05) is 12.0 Å². The molecule has 4 heteroatoms. The summed E-state index contributed by atoms with van der Waals surface area (Å²) in [6.45, 7) is 9.07. The van der Waals surface area contributed by atoms with Crippen LogP contribution in [-0.2, 0) is 6.54 Å². The molecular formula is C14H24N4. The van der Waals surface area contributed by atoms with Gasteiger partial charge in [-0.25, -0.2) is 0 Å². The fourth-order valence-corrected chi connectivity index (χ4v) is 2.90. The van der Waals surface area contributed by atoms with E-state index in [4.69, 9.17) is 5.84 Å². The highest BCUT2D eigenvalue weighted by molar-refractivity contribution is 5.41. The van der Waals surface area contributed by atoms with E-state index in [0.29, 0.717) is 6.04 Å². The lowest BCUT2D eigenvalue weighted by Crippen LogP contribution is -2.45. The van der Waals surface area contributed by atoms with E-state index in [2.05, 4.69) is 36.1 Å². The number of nitrogen functional groups attached to an aromatic ring is 1.